The van der Waals surface area contributed by atoms with Crippen LogP contribution in [-0.2, 0) is 0 Å². The highest BCUT2D eigenvalue weighted by Gasteiger charge is 2.23. The fourth-order valence-corrected chi connectivity index (χ4v) is 4.59. The molecule has 1 saturated heterocycles. The van der Waals surface area contributed by atoms with E-state index in [1.807, 2.05) is 72.8 Å². The molecular formula is C26H21Cl3N6S. The first-order valence-electron chi connectivity index (χ1n) is 11.3. The van der Waals surface area contributed by atoms with E-state index in [9.17, 15) is 0 Å². The summed E-state index contributed by atoms with van der Waals surface area (Å²) < 4.78 is 0. The summed E-state index contributed by atoms with van der Waals surface area (Å²) in [6.07, 6.45) is 0. The Hall–Kier alpha value is -2.97. The molecule has 182 valence electrons. The minimum Gasteiger partial charge on any atom is -0.345 e. The summed E-state index contributed by atoms with van der Waals surface area (Å²) >= 11 is 23.8. The second-order valence-electron chi connectivity index (χ2n) is 8.23. The van der Waals surface area contributed by atoms with Crippen LogP contribution in [0.15, 0.2) is 72.8 Å². The minimum atomic E-state index is 0.578. The highest BCUT2D eigenvalue weighted by Crippen LogP contribution is 2.31. The van der Waals surface area contributed by atoms with Crippen LogP contribution in [0.5, 0.6) is 0 Å². The molecule has 2 heterocycles. The molecule has 1 aliphatic rings. The molecule has 0 aliphatic carbocycles. The Morgan fingerprint density at radius 1 is 0.667 bits per heavy atom. The Labute approximate surface area is 229 Å². The zero-order chi connectivity index (χ0) is 25.1. The van der Waals surface area contributed by atoms with Gasteiger partial charge in [-0.2, -0.15) is 0 Å². The van der Waals surface area contributed by atoms with Gasteiger partial charge in [0.2, 0.25) is 5.95 Å². The van der Waals surface area contributed by atoms with Crippen molar-refractivity contribution in [1.82, 2.24) is 20.1 Å². The third-order valence-electron chi connectivity index (χ3n) is 5.86. The molecule has 0 radical (unpaired) electrons. The molecule has 1 fully saturated rings. The van der Waals surface area contributed by atoms with E-state index in [0.29, 0.717) is 44.9 Å². The van der Waals surface area contributed by atoms with Crippen LogP contribution in [0.2, 0.25) is 15.1 Å². The number of benzene rings is 3. The van der Waals surface area contributed by atoms with E-state index in [1.54, 1.807) is 0 Å². The number of anilines is 2. The first kappa shape index (κ1) is 24.7. The van der Waals surface area contributed by atoms with Gasteiger partial charge in [0.05, 0.1) is 0 Å². The number of thiocarbonyl (C=S) groups is 1. The number of piperazine rings is 1. The first-order chi connectivity index (χ1) is 17.5. The quantitative estimate of drug-likeness (QED) is 0.282. The fraction of sp³-hybridized carbons (Fsp3) is 0.154. The summed E-state index contributed by atoms with van der Waals surface area (Å²) in [4.78, 5) is 9.20. The van der Waals surface area contributed by atoms with Crippen molar-refractivity contribution in [2.75, 3.05) is 36.4 Å². The number of halogens is 3. The molecule has 5 rings (SSSR count). The summed E-state index contributed by atoms with van der Waals surface area (Å²) in [6.45, 7) is 2.89. The lowest BCUT2D eigenvalue weighted by molar-refractivity contribution is 0.387. The number of nitrogens with one attached hydrogen (secondary N) is 1. The molecular weight excluding hydrogens is 535 g/mol. The van der Waals surface area contributed by atoms with E-state index >= 15 is 0 Å². The topological polar surface area (TPSA) is 57.2 Å². The normalized spacial score (nSPS) is 13.5. The van der Waals surface area contributed by atoms with Crippen LogP contribution in [0.1, 0.15) is 0 Å². The molecule has 0 atom stereocenters. The third-order valence-corrected chi connectivity index (χ3v) is 6.97. The standard InChI is InChI=1S/C26H21Cl3N6S/c27-19-5-1-17(2-6-19)23-24(18-3-7-20(28)8-4-18)32-33-25(31-23)34-13-15-35(16-14-34)26(36)30-22-11-9-21(29)10-12-22/h1-12H,13-16H2,(H,30,36). The van der Waals surface area contributed by atoms with Crippen LogP contribution in [0, 0.1) is 0 Å². The average molecular weight is 556 g/mol. The minimum absolute atomic E-state index is 0.578. The number of aromatic nitrogens is 3. The van der Waals surface area contributed by atoms with Crippen molar-refractivity contribution in [1.29, 1.82) is 0 Å². The molecule has 1 aromatic heterocycles. The molecule has 1 N–H and O–H groups in total. The van der Waals surface area contributed by atoms with Gasteiger partial charge in [-0.25, -0.2) is 4.98 Å². The summed E-state index contributed by atoms with van der Waals surface area (Å²) in [7, 11) is 0. The van der Waals surface area contributed by atoms with Gasteiger partial charge >= 0.3 is 0 Å². The number of rotatable bonds is 4. The van der Waals surface area contributed by atoms with Gasteiger partial charge < -0.3 is 15.1 Å². The summed E-state index contributed by atoms with van der Waals surface area (Å²) in [5.74, 6) is 0.578. The van der Waals surface area contributed by atoms with Gasteiger partial charge in [-0.05, 0) is 60.7 Å². The Bertz CT molecular complexity index is 1360. The van der Waals surface area contributed by atoms with Gasteiger partial charge in [0.25, 0.3) is 0 Å². The first-order valence-corrected chi connectivity index (χ1v) is 12.8. The summed E-state index contributed by atoms with van der Waals surface area (Å²) in [5, 5.41) is 15.0. The zero-order valence-corrected chi connectivity index (χ0v) is 22.1. The lowest BCUT2D eigenvalue weighted by Crippen LogP contribution is -2.50. The smallest absolute Gasteiger partial charge is 0.246 e. The molecule has 0 unspecified atom stereocenters. The van der Waals surface area contributed by atoms with E-state index in [4.69, 9.17) is 52.0 Å². The Morgan fingerprint density at radius 3 is 1.72 bits per heavy atom. The van der Waals surface area contributed by atoms with Crippen LogP contribution < -0.4 is 10.2 Å². The number of hydrogen-bond donors (Lipinski definition) is 1. The lowest BCUT2D eigenvalue weighted by atomic mass is 10.0. The molecule has 0 spiro atoms. The van der Waals surface area contributed by atoms with E-state index in [1.165, 1.54) is 0 Å². The van der Waals surface area contributed by atoms with E-state index in [2.05, 4.69) is 25.3 Å². The maximum atomic E-state index is 6.13. The molecule has 6 nitrogen and oxygen atoms in total. The summed E-state index contributed by atoms with van der Waals surface area (Å²) in [5.41, 5.74) is 4.13. The van der Waals surface area contributed by atoms with E-state index < -0.39 is 0 Å². The average Bonchev–Trinajstić information content (AvgIpc) is 2.91. The van der Waals surface area contributed by atoms with Crippen LogP contribution >= 0.6 is 47.0 Å². The SMILES string of the molecule is S=C(Nc1ccc(Cl)cc1)N1CCN(c2nnc(-c3ccc(Cl)cc3)c(-c3ccc(Cl)cc3)n2)CC1. The molecule has 1 aliphatic heterocycles. The van der Waals surface area contributed by atoms with Gasteiger partial charge in [0.1, 0.15) is 11.4 Å². The second-order valence-corrected chi connectivity index (χ2v) is 9.93. The predicted octanol–water partition coefficient (Wildman–Crippen LogP) is 6.68. The van der Waals surface area contributed by atoms with Gasteiger partial charge in [-0.1, -0.05) is 59.1 Å². The maximum Gasteiger partial charge on any atom is 0.246 e. The molecule has 0 bridgehead atoms. The Morgan fingerprint density at radius 2 is 1.17 bits per heavy atom. The summed E-state index contributed by atoms with van der Waals surface area (Å²) in [6, 6.07) is 22.5. The largest absolute Gasteiger partial charge is 0.345 e. The fourth-order valence-electron chi connectivity index (χ4n) is 3.91. The van der Waals surface area contributed by atoms with Crippen LogP contribution in [0.25, 0.3) is 22.5 Å². The molecule has 3 aromatic carbocycles. The lowest BCUT2D eigenvalue weighted by Gasteiger charge is -2.36. The molecule has 10 heteroatoms. The number of hydrogen-bond acceptors (Lipinski definition) is 5. The van der Waals surface area contributed by atoms with Crippen molar-refractivity contribution >= 4 is 63.8 Å². The van der Waals surface area contributed by atoms with Crippen LogP contribution in [0.3, 0.4) is 0 Å². The van der Waals surface area contributed by atoms with Crippen molar-refractivity contribution in [3.05, 3.63) is 87.9 Å². The molecule has 0 amide bonds. The Kier molecular flexibility index (Phi) is 7.53. The van der Waals surface area contributed by atoms with Crippen molar-refractivity contribution in [3.8, 4) is 22.5 Å². The van der Waals surface area contributed by atoms with Gasteiger partial charge in [0, 0.05) is 58.1 Å². The van der Waals surface area contributed by atoms with Crippen molar-refractivity contribution < 1.29 is 0 Å². The van der Waals surface area contributed by atoms with Gasteiger partial charge in [0.15, 0.2) is 5.11 Å². The van der Waals surface area contributed by atoms with Crippen molar-refractivity contribution in [2.24, 2.45) is 0 Å². The monoisotopic (exact) mass is 554 g/mol. The number of nitrogens with zero attached hydrogens (tertiary/aromatic N) is 5. The molecule has 36 heavy (non-hydrogen) atoms. The molecule has 4 aromatic rings. The highest BCUT2D eigenvalue weighted by molar-refractivity contribution is 7.80. The van der Waals surface area contributed by atoms with Crippen molar-refractivity contribution in [2.45, 2.75) is 0 Å². The highest BCUT2D eigenvalue weighted by atomic mass is 35.5. The predicted molar refractivity (Wildman–Crippen MR) is 152 cm³/mol. The van der Waals surface area contributed by atoms with E-state index in [0.717, 1.165) is 35.6 Å². The second kappa shape index (κ2) is 11.0. The van der Waals surface area contributed by atoms with Crippen LogP contribution in [0.4, 0.5) is 11.6 Å². The van der Waals surface area contributed by atoms with Gasteiger partial charge in [-0.3, -0.25) is 0 Å². The maximum absolute atomic E-state index is 6.13. The Balaban J connectivity index is 1.35. The zero-order valence-electron chi connectivity index (χ0n) is 19.0. The van der Waals surface area contributed by atoms with E-state index in [-0.39, 0.29) is 0 Å². The molecule has 0 saturated carbocycles. The van der Waals surface area contributed by atoms with Gasteiger partial charge in [-0.15, -0.1) is 10.2 Å². The third kappa shape index (κ3) is 5.71. The van der Waals surface area contributed by atoms with Crippen LogP contribution in [-0.4, -0.2) is 51.4 Å². The van der Waals surface area contributed by atoms with Crippen molar-refractivity contribution in [3.63, 3.8) is 0 Å².